The van der Waals surface area contributed by atoms with Gasteiger partial charge in [0.05, 0.1) is 19.2 Å². The Morgan fingerprint density at radius 1 is 1.36 bits per heavy atom. The molecule has 4 N–H and O–H groups in total. The summed E-state index contributed by atoms with van der Waals surface area (Å²) >= 11 is 0. The van der Waals surface area contributed by atoms with Gasteiger partial charge in [-0.3, -0.25) is 0 Å². The van der Waals surface area contributed by atoms with E-state index in [2.05, 4.69) is 17.2 Å². The Balaban J connectivity index is 2.17. The topological polar surface area (TPSA) is 120 Å². The molecule has 0 saturated carbocycles. The van der Waals surface area contributed by atoms with Gasteiger partial charge in [0.15, 0.2) is 0 Å². The monoisotopic (exact) mass is 359 g/mol. The first-order valence-electron chi connectivity index (χ1n) is 8.15. The molecule has 144 valence electrons. The summed E-state index contributed by atoms with van der Waals surface area (Å²) in [6, 6.07) is 0. The summed E-state index contributed by atoms with van der Waals surface area (Å²) in [5.74, 6) is 0. The summed E-state index contributed by atoms with van der Waals surface area (Å²) in [5, 5.41) is 25.3. The van der Waals surface area contributed by atoms with Gasteiger partial charge in [-0.05, 0) is 20.8 Å². The maximum Gasteiger partial charge on any atom is 0.410 e. The summed E-state index contributed by atoms with van der Waals surface area (Å²) in [4.78, 5) is 24.4. The van der Waals surface area contributed by atoms with Crippen LogP contribution in [0.5, 0.6) is 0 Å². The quantitative estimate of drug-likeness (QED) is 0.444. The Morgan fingerprint density at radius 2 is 2.00 bits per heavy atom. The number of amides is 2. The number of β-amino-alcohol motifs (C(OH)–C–C–N with tert-alkyl or cyclic N) is 1. The fourth-order valence-electron chi connectivity index (χ4n) is 2.16. The van der Waals surface area contributed by atoms with Crippen LogP contribution in [-0.4, -0.2) is 83.9 Å². The normalized spacial score (nSPS) is 17.2. The summed E-state index contributed by atoms with van der Waals surface area (Å²) in [5.41, 5.74) is -1.63. The smallest absolute Gasteiger partial charge is 0.410 e. The van der Waals surface area contributed by atoms with Crippen molar-refractivity contribution in [1.82, 2.24) is 15.5 Å². The average molecular weight is 359 g/mol. The molecule has 1 atom stereocenters. The first-order valence-corrected chi connectivity index (χ1v) is 8.15. The van der Waals surface area contributed by atoms with E-state index in [4.69, 9.17) is 9.47 Å². The van der Waals surface area contributed by atoms with Crippen molar-refractivity contribution >= 4 is 12.2 Å². The van der Waals surface area contributed by atoms with Gasteiger partial charge < -0.3 is 35.2 Å². The highest BCUT2D eigenvalue weighted by Crippen LogP contribution is 2.22. The van der Waals surface area contributed by atoms with Gasteiger partial charge in [-0.25, -0.2) is 9.59 Å². The molecule has 9 heteroatoms. The highest BCUT2D eigenvalue weighted by atomic mass is 16.6. The molecule has 1 aliphatic rings. The predicted octanol–water partition coefficient (Wildman–Crippen LogP) is -0.169. The van der Waals surface area contributed by atoms with E-state index in [1.165, 1.54) is 11.0 Å². The molecule has 9 nitrogen and oxygen atoms in total. The molecule has 25 heavy (non-hydrogen) atoms. The lowest BCUT2D eigenvalue weighted by Gasteiger charge is -2.46. The van der Waals surface area contributed by atoms with Crippen LogP contribution < -0.4 is 10.6 Å². The van der Waals surface area contributed by atoms with E-state index < -0.39 is 29.5 Å². The zero-order valence-corrected chi connectivity index (χ0v) is 15.1. The molecule has 0 radical (unpaired) electrons. The Bertz CT molecular complexity index is 471. The molecule has 1 rings (SSSR count). The van der Waals surface area contributed by atoms with Crippen LogP contribution in [0.4, 0.5) is 9.59 Å². The van der Waals surface area contributed by atoms with Crippen LogP contribution in [0.15, 0.2) is 12.7 Å². The molecule has 0 aromatic carbocycles. The maximum absolute atomic E-state index is 11.8. The van der Waals surface area contributed by atoms with Crippen LogP contribution in [0, 0.1) is 0 Å². The summed E-state index contributed by atoms with van der Waals surface area (Å²) < 4.78 is 9.92. The standard InChI is InChI=1S/C16H29N3O6/c1-5-6-24-13(21)18-8-12(20)7-17-9-16(23)10-19(11-16)14(22)25-15(2,3)4/h5,12,17,20,23H,1,6-11H2,2-4H3,(H,18,21)/t12-/m1/s1. The lowest BCUT2D eigenvalue weighted by atomic mass is 9.94. The average Bonchev–Trinajstić information content (AvgIpc) is 2.46. The molecule has 2 amide bonds. The van der Waals surface area contributed by atoms with E-state index in [1.54, 1.807) is 20.8 Å². The highest BCUT2D eigenvalue weighted by molar-refractivity contribution is 5.69. The van der Waals surface area contributed by atoms with Gasteiger partial charge in [-0.1, -0.05) is 12.7 Å². The number of carbonyl (C=O) groups excluding carboxylic acids is 2. The van der Waals surface area contributed by atoms with Crippen molar-refractivity contribution in [2.45, 2.75) is 38.1 Å². The van der Waals surface area contributed by atoms with Crippen LogP contribution in [0.1, 0.15) is 20.8 Å². The molecule has 0 bridgehead atoms. The minimum atomic E-state index is -1.05. The number of alkyl carbamates (subject to hydrolysis) is 1. The molecule has 0 aromatic heterocycles. The van der Waals surface area contributed by atoms with Crippen molar-refractivity contribution in [3.05, 3.63) is 12.7 Å². The van der Waals surface area contributed by atoms with E-state index in [1.807, 2.05) is 0 Å². The van der Waals surface area contributed by atoms with Crippen LogP contribution in [0.3, 0.4) is 0 Å². The van der Waals surface area contributed by atoms with E-state index in [0.29, 0.717) is 0 Å². The Hall–Kier alpha value is -1.84. The predicted molar refractivity (Wildman–Crippen MR) is 91.2 cm³/mol. The molecule has 1 fully saturated rings. The Morgan fingerprint density at radius 3 is 2.56 bits per heavy atom. The van der Waals surface area contributed by atoms with Gasteiger partial charge in [0.1, 0.15) is 17.8 Å². The van der Waals surface area contributed by atoms with Gasteiger partial charge in [-0.2, -0.15) is 0 Å². The highest BCUT2D eigenvalue weighted by Gasteiger charge is 2.44. The molecule has 0 aliphatic carbocycles. The molecule has 1 saturated heterocycles. The number of hydrogen-bond donors (Lipinski definition) is 4. The first kappa shape index (κ1) is 21.2. The van der Waals surface area contributed by atoms with Gasteiger partial charge in [0.2, 0.25) is 0 Å². The fraction of sp³-hybridized carbons (Fsp3) is 0.750. The van der Waals surface area contributed by atoms with Crippen LogP contribution in [0.2, 0.25) is 0 Å². The Kier molecular flexibility index (Phi) is 7.65. The van der Waals surface area contributed by atoms with Crippen LogP contribution >= 0.6 is 0 Å². The SMILES string of the molecule is C=CCOC(=O)NC[C@H](O)CNCC1(O)CN(C(=O)OC(C)(C)C)C1. The number of hydrogen-bond acceptors (Lipinski definition) is 7. The van der Waals surface area contributed by atoms with Crippen molar-refractivity contribution in [2.75, 3.05) is 39.3 Å². The molecule has 1 aliphatic heterocycles. The van der Waals surface area contributed by atoms with Crippen LogP contribution in [0.25, 0.3) is 0 Å². The van der Waals surface area contributed by atoms with Crippen molar-refractivity contribution in [1.29, 1.82) is 0 Å². The number of aliphatic hydroxyl groups excluding tert-OH is 1. The molecule has 0 unspecified atom stereocenters. The minimum absolute atomic E-state index is 0.0193. The number of ether oxygens (including phenoxy) is 2. The van der Waals surface area contributed by atoms with E-state index in [0.717, 1.165) is 0 Å². The van der Waals surface area contributed by atoms with Crippen molar-refractivity contribution < 1.29 is 29.3 Å². The van der Waals surface area contributed by atoms with Crippen molar-refractivity contribution in [2.24, 2.45) is 0 Å². The zero-order chi connectivity index (χ0) is 19.1. The second kappa shape index (κ2) is 9.02. The number of aliphatic hydroxyl groups is 2. The zero-order valence-electron chi connectivity index (χ0n) is 15.1. The second-order valence-corrected chi connectivity index (χ2v) is 7.11. The number of rotatable bonds is 8. The third-order valence-electron chi connectivity index (χ3n) is 3.27. The van der Waals surface area contributed by atoms with Crippen molar-refractivity contribution in [3.8, 4) is 0 Å². The number of likely N-dealkylation sites (tertiary alicyclic amines) is 1. The number of nitrogens with one attached hydrogen (secondary N) is 2. The molecular formula is C16H29N3O6. The number of carbonyl (C=O) groups is 2. The summed E-state index contributed by atoms with van der Waals surface area (Å²) in [6.45, 7) is 9.59. The lowest BCUT2D eigenvalue weighted by Crippen LogP contribution is -2.68. The third-order valence-corrected chi connectivity index (χ3v) is 3.27. The van der Waals surface area contributed by atoms with E-state index in [9.17, 15) is 19.8 Å². The molecular weight excluding hydrogens is 330 g/mol. The van der Waals surface area contributed by atoms with Gasteiger partial charge in [-0.15, -0.1) is 0 Å². The summed E-state index contributed by atoms with van der Waals surface area (Å²) in [7, 11) is 0. The molecule has 0 spiro atoms. The number of nitrogens with zero attached hydrogens (tertiary/aromatic N) is 1. The van der Waals surface area contributed by atoms with E-state index in [-0.39, 0.29) is 39.3 Å². The van der Waals surface area contributed by atoms with E-state index >= 15 is 0 Å². The molecule has 0 aromatic rings. The van der Waals surface area contributed by atoms with Gasteiger partial charge in [0, 0.05) is 19.6 Å². The Labute approximate surface area is 148 Å². The van der Waals surface area contributed by atoms with Crippen LogP contribution in [-0.2, 0) is 9.47 Å². The largest absolute Gasteiger partial charge is 0.445 e. The fourth-order valence-corrected chi connectivity index (χ4v) is 2.16. The summed E-state index contributed by atoms with van der Waals surface area (Å²) in [6.07, 6.45) is -0.483. The second-order valence-electron chi connectivity index (χ2n) is 7.11. The van der Waals surface area contributed by atoms with Crippen molar-refractivity contribution in [3.63, 3.8) is 0 Å². The minimum Gasteiger partial charge on any atom is -0.445 e. The lowest BCUT2D eigenvalue weighted by molar-refractivity contribution is -0.0965. The third kappa shape index (κ3) is 8.19. The first-order chi connectivity index (χ1) is 11.5. The maximum atomic E-state index is 11.8. The van der Waals surface area contributed by atoms with Gasteiger partial charge in [0.25, 0.3) is 0 Å². The van der Waals surface area contributed by atoms with Gasteiger partial charge >= 0.3 is 12.2 Å². The molecule has 1 heterocycles.